The Hall–Kier alpha value is -1.12. The third-order valence-electron chi connectivity index (χ3n) is 3.33. The van der Waals surface area contributed by atoms with Crippen LogP contribution in [0.1, 0.15) is 28.1 Å². The largest absolute Gasteiger partial charge is 0.292 e. The molecule has 1 saturated carbocycles. The number of thiophene rings is 1. The van der Waals surface area contributed by atoms with Gasteiger partial charge in [0.2, 0.25) is 0 Å². The Bertz CT molecular complexity index is 555. The van der Waals surface area contributed by atoms with Gasteiger partial charge in [-0.25, -0.2) is 0 Å². The molecule has 0 spiro atoms. The van der Waals surface area contributed by atoms with Crippen LogP contribution in [0.3, 0.4) is 0 Å². The minimum atomic E-state index is -0.296. The van der Waals surface area contributed by atoms with E-state index in [1.165, 1.54) is 11.3 Å². The summed E-state index contributed by atoms with van der Waals surface area (Å²) >= 11 is 7.48. The van der Waals surface area contributed by atoms with Crippen LogP contribution in [-0.2, 0) is 5.41 Å². The molecule has 3 rings (SSSR count). The summed E-state index contributed by atoms with van der Waals surface area (Å²) in [5, 5.41) is 2.46. The molecule has 0 aliphatic heterocycles. The predicted octanol–water partition coefficient (Wildman–Crippen LogP) is 4.32. The maximum absolute atomic E-state index is 12.5. The molecule has 1 heterocycles. The van der Waals surface area contributed by atoms with Gasteiger partial charge in [-0.2, -0.15) is 0 Å². The van der Waals surface area contributed by atoms with Gasteiger partial charge in [0.25, 0.3) is 0 Å². The molecule has 1 nitrogen and oxygen atoms in total. The van der Waals surface area contributed by atoms with Gasteiger partial charge in [0.15, 0.2) is 5.78 Å². The smallest absolute Gasteiger partial charge is 0.184 e. The molecule has 0 bridgehead atoms. The third-order valence-corrected chi connectivity index (χ3v) is 4.67. The number of carbonyl (C=O) groups excluding carboxylic acids is 1. The number of Topliss-reactive ketones (excluding diaryl/α,β-unsaturated/α-hetero) is 1. The van der Waals surface area contributed by atoms with Crippen molar-refractivity contribution in [2.45, 2.75) is 18.3 Å². The summed E-state index contributed by atoms with van der Waals surface area (Å²) in [6, 6.07) is 11.8. The lowest BCUT2D eigenvalue weighted by molar-refractivity contribution is 0.0950. The van der Waals surface area contributed by atoms with Crippen molar-refractivity contribution in [2.24, 2.45) is 0 Å². The quantitative estimate of drug-likeness (QED) is 0.753. The maximum atomic E-state index is 12.5. The van der Waals surface area contributed by atoms with Gasteiger partial charge in [0, 0.05) is 0 Å². The van der Waals surface area contributed by atoms with Gasteiger partial charge in [0.1, 0.15) is 0 Å². The first kappa shape index (κ1) is 11.0. The highest BCUT2D eigenvalue weighted by atomic mass is 35.5. The highest BCUT2D eigenvalue weighted by Crippen LogP contribution is 2.51. The molecule has 0 unspecified atom stereocenters. The van der Waals surface area contributed by atoms with Crippen molar-refractivity contribution in [3.63, 3.8) is 0 Å². The van der Waals surface area contributed by atoms with Gasteiger partial charge in [-0.3, -0.25) is 4.79 Å². The van der Waals surface area contributed by atoms with Crippen LogP contribution in [-0.4, -0.2) is 5.78 Å². The van der Waals surface area contributed by atoms with E-state index in [2.05, 4.69) is 0 Å². The van der Waals surface area contributed by atoms with E-state index in [0.717, 1.165) is 18.4 Å². The Labute approximate surface area is 109 Å². The molecule has 1 aromatic heterocycles. The molecule has 1 aliphatic rings. The highest BCUT2D eigenvalue weighted by molar-refractivity contribution is 7.12. The number of rotatable bonds is 3. The van der Waals surface area contributed by atoms with Gasteiger partial charge in [-0.1, -0.05) is 41.9 Å². The number of hydrogen-bond donors (Lipinski definition) is 0. The summed E-state index contributed by atoms with van der Waals surface area (Å²) in [6.45, 7) is 0. The number of benzene rings is 1. The lowest BCUT2D eigenvalue weighted by Gasteiger charge is -2.13. The standard InChI is InChI=1S/C14H11ClOS/c15-11-6-9-17-12(11)13(16)14(7-8-14)10-4-2-1-3-5-10/h1-6,9H,7-8H2. The first-order valence-corrected chi connectivity index (χ1v) is 6.83. The fraction of sp³-hybridized carbons (Fsp3) is 0.214. The Morgan fingerprint density at radius 2 is 1.88 bits per heavy atom. The van der Waals surface area contributed by atoms with Crippen LogP contribution in [0, 0.1) is 0 Å². The van der Waals surface area contributed by atoms with Crippen LogP contribution in [0.4, 0.5) is 0 Å². The number of halogens is 1. The Kier molecular flexibility index (Phi) is 2.57. The van der Waals surface area contributed by atoms with E-state index in [9.17, 15) is 4.79 Å². The van der Waals surface area contributed by atoms with E-state index in [4.69, 9.17) is 11.6 Å². The van der Waals surface area contributed by atoms with Crippen molar-refractivity contribution in [3.05, 3.63) is 57.2 Å². The molecule has 2 aromatic rings. The lowest BCUT2D eigenvalue weighted by atomic mass is 9.90. The molecular formula is C14H11ClOS. The van der Waals surface area contributed by atoms with Crippen molar-refractivity contribution in [1.82, 2.24) is 0 Å². The summed E-state index contributed by atoms with van der Waals surface area (Å²) in [7, 11) is 0. The maximum Gasteiger partial charge on any atom is 0.184 e. The molecule has 3 heteroatoms. The van der Waals surface area contributed by atoms with Crippen molar-refractivity contribution in [3.8, 4) is 0 Å². The molecule has 0 radical (unpaired) electrons. The molecule has 0 amide bonds. The first-order chi connectivity index (χ1) is 8.24. The summed E-state index contributed by atoms with van der Waals surface area (Å²) in [4.78, 5) is 13.2. The minimum absolute atomic E-state index is 0.184. The molecule has 17 heavy (non-hydrogen) atoms. The topological polar surface area (TPSA) is 17.1 Å². The highest BCUT2D eigenvalue weighted by Gasteiger charge is 2.51. The summed E-state index contributed by atoms with van der Waals surface area (Å²) in [5.74, 6) is 0.184. The van der Waals surface area contributed by atoms with E-state index < -0.39 is 0 Å². The van der Waals surface area contributed by atoms with E-state index in [0.29, 0.717) is 9.90 Å². The van der Waals surface area contributed by atoms with E-state index in [1.807, 2.05) is 35.7 Å². The van der Waals surface area contributed by atoms with Gasteiger partial charge in [0.05, 0.1) is 15.3 Å². The molecule has 1 aromatic carbocycles. The SMILES string of the molecule is O=C(c1sccc1Cl)C1(c2ccccc2)CC1. The summed E-state index contributed by atoms with van der Waals surface area (Å²) in [6.07, 6.45) is 1.87. The van der Waals surface area contributed by atoms with E-state index in [1.54, 1.807) is 6.07 Å². The lowest BCUT2D eigenvalue weighted by Crippen LogP contribution is -2.19. The molecule has 0 N–H and O–H groups in total. The molecule has 1 aliphatic carbocycles. The summed E-state index contributed by atoms with van der Waals surface area (Å²) in [5.41, 5.74) is 0.824. The zero-order valence-corrected chi connectivity index (χ0v) is 10.7. The van der Waals surface area contributed by atoms with Gasteiger partial charge >= 0.3 is 0 Å². The first-order valence-electron chi connectivity index (χ1n) is 5.57. The van der Waals surface area contributed by atoms with Crippen molar-refractivity contribution >= 4 is 28.7 Å². The van der Waals surface area contributed by atoms with Crippen molar-refractivity contribution < 1.29 is 4.79 Å². The summed E-state index contributed by atoms with van der Waals surface area (Å²) < 4.78 is 0. The molecule has 0 atom stereocenters. The average molecular weight is 263 g/mol. The van der Waals surface area contributed by atoms with Crippen LogP contribution in [0.5, 0.6) is 0 Å². The second-order valence-electron chi connectivity index (χ2n) is 4.37. The second-order valence-corrected chi connectivity index (χ2v) is 5.70. The van der Waals surface area contributed by atoms with Crippen LogP contribution in [0.2, 0.25) is 5.02 Å². The Balaban J connectivity index is 2.00. The Morgan fingerprint density at radius 1 is 1.18 bits per heavy atom. The normalized spacial score (nSPS) is 16.8. The number of hydrogen-bond acceptors (Lipinski definition) is 2. The monoisotopic (exact) mass is 262 g/mol. The van der Waals surface area contributed by atoms with E-state index in [-0.39, 0.29) is 11.2 Å². The average Bonchev–Trinajstić information content (AvgIpc) is 3.07. The predicted molar refractivity (Wildman–Crippen MR) is 71.0 cm³/mol. The molecule has 86 valence electrons. The second kappa shape index (κ2) is 3.97. The fourth-order valence-electron chi connectivity index (χ4n) is 2.20. The van der Waals surface area contributed by atoms with Crippen molar-refractivity contribution in [1.29, 1.82) is 0 Å². The molecular weight excluding hydrogens is 252 g/mol. The van der Waals surface area contributed by atoms with Crippen molar-refractivity contribution in [2.75, 3.05) is 0 Å². The number of ketones is 1. The van der Waals surface area contributed by atoms with Crippen LogP contribution in [0.25, 0.3) is 0 Å². The van der Waals surface area contributed by atoms with Gasteiger partial charge < -0.3 is 0 Å². The molecule has 0 saturated heterocycles. The Morgan fingerprint density at radius 3 is 2.41 bits per heavy atom. The van der Waals surface area contributed by atoms with Gasteiger partial charge in [-0.05, 0) is 29.9 Å². The van der Waals surface area contributed by atoms with E-state index >= 15 is 0 Å². The van der Waals surface area contributed by atoms with Crippen LogP contribution >= 0.6 is 22.9 Å². The zero-order valence-electron chi connectivity index (χ0n) is 9.15. The van der Waals surface area contributed by atoms with Crippen LogP contribution in [0.15, 0.2) is 41.8 Å². The fourth-order valence-corrected chi connectivity index (χ4v) is 3.38. The molecule has 1 fully saturated rings. The third kappa shape index (κ3) is 1.72. The minimum Gasteiger partial charge on any atom is -0.292 e. The zero-order chi connectivity index (χ0) is 11.9. The van der Waals surface area contributed by atoms with Crippen LogP contribution < -0.4 is 0 Å². The van der Waals surface area contributed by atoms with Gasteiger partial charge in [-0.15, -0.1) is 11.3 Å². The number of carbonyl (C=O) groups is 1.